The van der Waals surface area contributed by atoms with Crippen molar-refractivity contribution in [3.63, 3.8) is 0 Å². The molecule has 22 heavy (non-hydrogen) atoms. The number of allylic oxidation sites excluding steroid dienone is 1. The Bertz CT molecular complexity index is 682. The highest BCUT2D eigenvalue weighted by Gasteiger charge is 2.16. The van der Waals surface area contributed by atoms with Crippen molar-refractivity contribution >= 4 is 11.3 Å². The molecule has 112 valence electrons. The summed E-state index contributed by atoms with van der Waals surface area (Å²) in [6.07, 6.45) is 6.59. The lowest BCUT2D eigenvalue weighted by Gasteiger charge is -2.13. The summed E-state index contributed by atoms with van der Waals surface area (Å²) < 4.78 is 5.96. The Kier molecular flexibility index (Phi) is 4.30. The van der Waals surface area contributed by atoms with Crippen molar-refractivity contribution in [3.8, 4) is 11.8 Å². The maximum atomic E-state index is 9.12. The van der Waals surface area contributed by atoms with Crippen molar-refractivity contribution in [3.05, 3.63) is 36.3 Å². The quantitative estimate of drug-likeness (QED) is 0.822. The molecule has 0 bridgehead atoms. The maximum Gasteiger partial charge on any atom is 0.216 e. The first-order valence-corrected chi connectivity index (χ1v) is 7.22. The van der Waals surface area contributed by atoms with Gasteiger partial charge in [-0.25, -0.2) is 0 Å². The van der Waals surface area contributed by atoms with Crippen LogP contribution in [0, 0.1) is 11.3 Å². The van der Waals surface area contributed by atoms with Gasteiger partial charge in [0.25, 0.3) is 0 Å². The third-order valence-corrected chi connectivity index (χ3v) is 3.53. The zero-order valence-corrected chi connectivity index (χ0v) is 12.0. The van der Waals surface area contributed by atoms with E-state index in [-0.39, 0.29) is 5.82 Å². The van der Waals surface area contributed by atoms with Gasteiger partial charge < -0.3 is 10.1 Å². The first-order valence-electron chi connectivity index (χ1n) is 7.22. The Hall–Kier alpha value is -2.88. The molecule has 1 aliphatic carbocycles. The van der Waals surface area contributed by atoms with Crippen molar-refractivity contribution in [2.45, 2.75) is 31.8 Å². The van der Waals surface area contributed by atoms with Crippen LogP contribution in [0.25, 0.3) is 5.57 Å². The minimum Gasteiger partial charge on any atom is -0.490 e. The molecule has 7 nitrogen and oxygen atoms in total. The lowest BCUT2D eigenvalue weighted by atomic mass is 10.2. The number of rotatable bonds is 5. The Morgan fingerprint density at radius 1 is 1.41 bits per heavy atom. The number of nitriles is 1. The highest BCUT2D eigenvalue weighted by Crippen LogP contribution is 2.25. The van der Waals surface area contributed by atoms with Crippen molar-refractivity contribution in [1.29, 1.82) is 5.26 Å². The molecule has 1 aromatic heterocycles. The van der Waals surface area contributed by atoms with Gasteiger partial charge in [0.15, 0.2) is 0 Å². The molecule has 7 heteroatoms. The number of aromatic amines is 1. The Labute approximate surface area is 128 Å². The Balaban J connectivity index is 1.68. The van der Waals surface area contributed by atoms with Crippen LogP contribution >= 0.6 is 0 Å². The van der Waals surface area contributed by atoms with E-state index in [4.69, 9.17) is 10.00 Å². The number of tetrazole rings is 1. The molecule has 2 aromatic rings. The summed E-state index contributed by atoms with van der Waals surface area (Å²) in [5, 5.41) is 25.5. The van der Waals surface area contributed by atoms with Gasteiger partial charge in [0.05, 0.1) is 6.10 Å². The number of benzene rings is 1. The minimum atomic E-state index is 0.258. The monoisotopic (exact) mass is 296 g/mol. The number of nitrogens with zero attached hydrogens (tertiary/aromatic N) is 4. The molecule has 0 spiro atoms. The van der Waals surface area contributed by atoms with Gasteiger partial charge in [0.2, 0.25) is 5.82 Å². The zero-order valence-electron chi connectivity index (χ0n) is 12.0. The topological polar surface area (TPSA) is 99.5 Å². The number of H-pyrrole nitrogens is 1. The van der Waals surface area contributed by atoms with Crippen LogP contribution in [0.1, 0.15) is 31.5 Å². The van der Waals surface area contributed by atoms with Crippen LogP contribution in [0.3, 0.4) is 0 Å². The summed E-state index contributed by atoms with van der Waals surface area (Å²) in [5.41, 5.74) is 1.14. The zero-order chi connectivity index (χ0) is 15.2. The summed E-state index contributed by atoms with van der Waals surface area (Å²) in [5.74, 6) is 1.09. The summed E-state index contributed by atoms with van der Waals surface area (Å²) in [4.78, 5) is 0. The van der Waals surface area contributed by atoms with Gasteiger partial charge in [0.1, 0.15) is 17.4 Å². The van der Waals surface area contributed by atoms with E-state index in [1.54, 1.807) is 6.20 Å². The standard InChI is InChI=1S/C15H16N6O/c16-9-11(15-18-20-21-19-15)10-17-12-4-3-7-14(8-12)22-13-5-1-2-6-13/h3-4,7-8,10,13,17H,1-2,5-6H2,(H,18,19,20,21). The molecule has 0 radical (unpaired) electrons. The van der Waals surface area contributed by atoms with Crippen LogP contribution in [0.4, 0.5) is 5.69 Å². The fourth-order valence-electron chi connectivity index (χ4n) is 2.44. The first-order chi connectivity index (χ1) is 10.8. The molecule has 0 unspecified atom stereocenters. The van der Waals surface area contributed by atoms with Crippen molar-refractivity contribution in [2.24, 2.45) is 0 Å². The number of nitrogens with one attached hydrogen (secondary N) is 2. The lowest BCUT2D eigenvalue weighted by Crippen LogP contribution is -2.10. The van der Waals surface area contributed by atoms with Gasteiger partial charge in [0, 0.05) is 18.0 Å². The molecule has 0 amide bonds. The molecular formula is C15H16N6O. The van der Waals surface area contributed by atoms with Gasteiger partial charge in [-0.05, 0) is 43.0 Å². The molecule has 0 aliphatic heterocycles. The predicted molar refractivity (Wildman–Crippen MR) is 80.7 cm³/mol. The third-order valence-electron chi connectivity index (χ3n) is 3.53. The van der Waals surface area contributed by atoms with Gasteiger partial charge >= 0.3 is 0 Å². The maximum absolute atomic E-state index is 9.12. The summed E-state index contributed by atoms with van der Waals surface area (Å²) in [6, 6.07) is 9.71. The SMILES string of the molecule is N#CC(=CNc1cccc(OC2CCCC2)c1)c1nn[nH]n1. The predicted octanol–water partition coefficient (Wildman–Crippen LogP) is 2.50. The third kappa shape index (κ3) is 3.41. The molecule has 1 saturated carbocycles. The Morgan fingerprint density at radius 3 is 3.00 bits per heavy atom. The van der Waals surface area contributed by atoms with Gasteiger partial charge in [-0.1, -0.05) is 6.07 Å². The Morgan fingerprint density at radius 2 is 2.27 bits per heavy atom. The largest absolute Gasteiger partial charge is 0.490 e. The second-order valence-electron chi connectivity index (χ2n) is 5.10. The molecule has 2 N–H and O–H groups in total. The smallest absolute Gasteiger partial charge is 0.216 e. The highest BCUT2D eigenvalue weighted by molar-refractivity contribution is 5.74. The minimum absolute atomic E-state index is 0.258. The van der Waals surface area contributed by atoms with E-state index in [1.165, 1.54) is 12.8 Å². The lowest BCUT2D eigenvalue weighted by molar-refractivity contribution is 0.210. The normalized spacial score (nSPS) is 15.5. The van der Waals surface area contributed by atoms with E-state index in [9.17, 15) is 0 Å². The fourth-order valence-corrected chi connectivity index (χ4v) is 2.44. The van der Waals surface area contributed by atoms with Crippen molar-refractivity contribution in [1.82, 2.24) is 20.6 Å². The number of hydrogen-bond acceptors (Lipinski definition) is 6. The van der Waals surface area contributed by atoms with Crippen LogP contribution in [0.5, 0.6) is 5.75 Å². The van der Waals surface area contributed by atoms with Crippen LogP contribution in [-0.4, -0.2) is 26.7 Å². The summed E-state index contributed by atoms with van der Waals surface area (Å²) in [6.45, 7) is 0. The van der Waals surface area contributed by atoms with E-state index >= 15 is 0 Å². The average Bonchev–Trinajstić information content (AvgIpc) is 3.22. The average molecular weight is 296 g/mol. The van der Waals surface area contributed by atoms with E-state index < -0.39 is 0 Å². The van der Waals surface area contributed by atoms with E-state index in [1.807, 2.05) is 30.3 Å². The van der Waals surface area contributed by atoms with E-state index in [2.05, 4.69) is 25.9 Å². The second-order valence-corrected chi connectivity index (χ2v) is 5.10. The molecule has 1 aliphatic rings. The van der Waals surface area contributed by atoms with E-state index in [0.29, 0.717) is 11.7 Å². The molecule has 3 rings (SSSR count). The summed E-state index contributed by atoms with van der Waals surface area (Å²) in [7, 11) is 0. The van der Waals surface area contributed by atoms with E-state index in [0.717, 1.165) is 24.3 Å². The number of hydrogen-bond donors (Lipinski definition) is 2. The highest BCUT2D eigenvalue weighted by atomic mass is 16.5. The van der Waals surface area contributed by atoms with Gasteiger partial charge in [-0.2, -0.15) is 10.5 Å². The molecule has 1 aromatic carbocycles. The van der Waals surface area contributed by atoms with Crippen LogP contribution in [0.15, 0.2) is 30.5 Å². The van der Waals surface area contributed by atoms with Crippen molar-refractivity contribution in [2.75, 3.05) is 5.32 Å². The van der Waals surface area contributed by atoms with Crippen LogP contribution < -0.4 is 10.1 Å². The van der Waals surface area contributed by atoms with Gasteiger partial charge in [-0.3, -0.25) is 0 Å². The number of aromatic nitrogens is 4. The van der Waals surface area contributed by atoms with Gasteiger partial charge in [-0.15, -0.1) is 10.2 Å². The first kappa shape index (κ1) is 14.1. The second kappa shape index (κ2) is 6.72. The molecule has 0 saturated heterocycles. The van der Waals surface area contributed by atoms with Crippen molar-refractivity contribution < 1.29 is 4.74 Å². The van der Waals surface area contributed by atoms with Crippen LogP contribution in [0.2, 0.25) is 0 Å². The molecule has 0 atom stereocenters. The number of ether oxygens (including phenoxy) is 1. The molecular weight excluding hydrogens is 280 g/mol. The molecule has 1 heterocycles. The number of anilines is 1. The van der Waals surface area contributed by atoms with Crippen LogP contribution in [-0.2, 0) is 0 Å². The molecule has 1 fully saturated rings. The fraction of sp³-hybridized carbons (Fsp3) is 0.333. The summed E-state index contributed by atoms with van der Waals surface area (Å²) >= 11 is 0.